The van der Waals surface area contributed by atoms with Crippen LogP contribution in [-0.4, -0.2) is 16.7 Å². The smallest absolute Gasteiger partial charge is 0.306 e. The van der Waals surface area contributed by atoms with E-state index in [4.69, 9.17) is 14.9 Å². The number of ether oxygens (including phenoxy) is 1. The zero-order valence-corrected chi connectivity index (χ0v) is 15.2. The summed E-state index contributed by atoms with van der Waals surface area (Å²) in [6.07, 6.45) is 3.93. The second-order valence-corrected chi connectivity index (χ2v) is 6.87. The van der Waals surface area contributed by atoms with Crippen LogP contribution in [0, 0.1) is 0 Å². The minimum Gasteiger partial charge on any atom is -0.468 e. The van der Waals surface area contributed by atoms with Gasteiger partial charge in [-0.2, -0.15) is 0 Å². The normalized spacial score (nSPS) is 15.1. The Hall–Kier alpha value is -3.38. The molecule has 0 aliphatic carbocycles. The molecule has 3 N–H and O–H groups in total. The Balaban J connectivity index is 1.76. The van der Waals surface area contributed by atoms with E-state index in [0.29, 0.717) is 24.7 Å². The predicted octanol–water partition coefficient (Wildman–Crippen LogP) is 3.37. The molecule has 0 fully saturated rings. The Morgan fingerprint density at radius 3 is 2.82 bits per heavy atom. The number of fused-ring (bicyclic) bond motifs is 4. The average Bonchev–Trinajstić information content (AvgIpc) is 3.26. The van der Waals surface area contributed by atoms with Gasteiger partial charge >= 0.3 is 5.88 Å². The number of furan rings is 1. The summed E-state index contributed by atoms with van der Waals surface area (Å²) in [7, 11) is 0. The summed E-state index contributed by atoms with van der Waals surface area (Å²) in [6.45, 7) is 0.675. The number of hydrogen-bond donors (Lipinski definition) is 2. The zero-order chi connectivity index (χ0) is 19.1. The van der Waals surface area contributed by atoms with Gasteiger partial charge in [0.15, 0.2) is 0 Å². The SMILES string of the molecule is Nc1c2c(nc[n+]1CCCO)Oc1c(ccc3ccccc13)[C@H]2c1ccco1. The number of nitrogens with two attached hydrogens (primary N) is 1. The number of nitrogen functional groups attached to an aromatic ring is 1. The molecule has 0 amide bonds. The molecule has 1 aliphatic rings. The Morgan fingerprint density at radius 1 is 1.11 bits per heavy atom. The molecule has 3 heterocycles. The molecule has 2 aromatic carbocycles. The molecule has 0 saturated heterocycles. The van der Waals surface area contributed by atoms with E-state index in [-0.39, 0.29) is 12.5 Å². The fourth-order valence-corrected chi connectivity index (χ4v) is 3.89. The molecule has 28 heavy (non-hydrogen) atoms. The van der Waals surface area contributed by atoms with Crippen molar-refractivity contribution in [2.75, 3.05) is 12.3 Å². The molecule has 140 valence electrons. The number of hydrogen-bond acceptors (Lipinski definition) is 5. The molecular formula is C22H20N3O3+. The van der Waals surface area contributed by atoms with E-state index >= 15 is 0 Å². The van der Waals surface area contributed by atoms with E-state index in [1.54, 1.807) is 12.6 Å². The molecule has 6 heteroatoms. The monoisotopic (exact) mass is 374 g/mol. The number of nitrogens with zero attached hydrogens (tertiary/aromatic N) is 2. The first-order chi connectivity index (χ1) is 13.8. The molecule has 5 rings (SSSR count). The minimum atomic E-state index is -0.215. The maximum atomic E-state index is 9.18. The number of aliphatic hydroxyl groups is 1. The topological polar surface area (TPSA) is 85.4 Å². The molecular weight excluding hydrogens is 354 g/mol. The van der Waals surface area contributed by atoms with Crippen molar-refractivity contribution in [2.45, 2.75) is 18.9 Å². The van der Waals surface area contributed by atoms with Crippen LogP contribution in [0.4, 0.5) is 5.82 Å². The van der Waals surface area contributed by atoms with Crippen molar-refractivity contribution < 1.29 is 18.8 Å². The zero-order valence-electron chi connectivity index (χ0n) is 15.2. The number of rotatable bonds is 4. The van der Waals surface area contributed by atoms with Gasteiger partial charge in [-0.3, -0.25) is 0 Å². The van der Waals surface area contributed by atoms with Crippen molar-refractivity contribution in [1.82, 2.24) is 4.98 Å². The van der Waals surface area contributed by atoms with Crippen LogP contribution in [0.5, 0.6) is 11.6 Å². The highest BCUT2D eigenvalue weighted by atomic mass is 16.5. The third kappa shape index (κ3) is 2.53. The summed E-state index contributed by atoms with van der Waals surface area (Å²) < 4.78 is 13.9. The third-order valence-corrected chi connectivity index (χ3v) is 5.22. The Labute approximate surface area is 161 Å². The van der Waals surface area contributed by atoms with E-state index in [9.17, 15) is 5.11 Å². The predicted molar refractivity (Wildman–Crippen MR) is 104 cm³/mol. The van der Waals surface area contributed by atoms with Crippen LogP contribution in [0.1, 0.15) is 29.2 Å². The van der Waals surface area contributed by atoms with Gasteiger partial charge in [0.25, 0.3) is 0 Å². The van der Waals surface area contributed by atoms with Gasteiger partial charge in [-0.25, -0.2) is 4.57 Å². The van der Waals surface area contributed by atoms with E-state index in [2.05, 4.69) is 23.2 Å². The van der Waals surface area contributed by atoms with Crippen molar-refractivity contribution >= 4 is 16.6 Å². The van der Waals surface area contributed by atoms with Crippen LogP contribution in [0.25, 0.3) is 10.8 Å². The lowest BCUT2D eigenvalue weighted by Gasteiger charge is -2.26. The first kappa shape index (κ1) is 16.8. The van der Waals surface area contributed by atoms with Gasteiger partial charge in [-0.1, -0.05) is 41.4 Å². The highest BCUT2D eigenvalue weighted by Gasteiger charge is 2.38. The first-order valence-corrected chi connectivity index (χ1v) is 9.29. The standard InChI is InChI=1S/C22H19N3O3/c23-21-19-18(17-7-3-12-27-17)16-9-8-14-5-1-2-6-15(14)20(16)28-22(19)24-13-25(21)10-4-11-26/h1-3,5-9,12-13,18,23,26H,4,10-11H2/p+1/t18-/m0/s1. The average molecular weight is 374 g/mol. The number of anilines is 1. The Morgan fingerprint density at radius 2 is 2.00 bits per heavy atom. The lowest BCUT2D eigenvalue weighted by Crippen LogP contribution is -2.40. The van der Waals surface area contributed by atoms with Gasteiger partial charge in [0.05, 0.1) is 18.7 Å². The summed E-state index contributed by atoms with van der Waals surface area (Å²) in [6, 6.07) is 16.1. The van der Waals surface area contributed by atoms with Gasteiger partial charge in [0.1, 0.15) is 17.1 Å². The lowest BCUT2D eigenvalue weighted by molar-refractivity contribution is -0.686. The van der Waals surface area contributed by atoms with Crippen molar-refractivity contribution in [1.29, 1.82) is 0 Å². The Kier molecular flexibility index (Phi) is 3.98. The van der Waals surface area contributed by atoms with Crippen LogP contribution >= 0.6 is 0 Å². The summed E-state index contributed by atoms with van der Waals surface area (Å²) in [5.74, 6) is 2.41. The molecule has 1 aliphatic heterocycles. The van der Waals surface area contributed by atoms with Crippen molar-refractivity contribution in [3.05, 3.63) is 78.0 Å². The second kappa shape index (κ2) is 6.65. The number of aryl methyl sites for hydroxylation is 1. The number of aromatic nitrogens is 2. The minimum absolute atomic E-state index is 0.0937. The second-order valence-electron chi connectivity index (χ2n) is 6.87. The quantitative estimate of drug-likeness (QED) is 0.471. The molecule has 0 spiro atoms. The van der Waals surface area contributed by atoms with Gasteiger partial charge < -0.3 is 20.0 Å². The lowest BCUT2D eigenvalue weighted by atomic mass is 9.86. The number of aliphatic hydroxyl groups excluding tert-OH is 1. The molecule has 0 saturated carbocycles. The van der Waals surface area contributed by atoms with E-state index in [0.717, 1.165) is 33.4 Å². The van der Waals surface area contributed by atoms with E-state index in [1.165, 1.54) is 0 Å². The van der Waals surface area contributed by atoms with E-state index < -0.39 is 0 Å². The summed E-state index contributed by atoms with van der Waals surface area (Å²) in [5.41, 5.74) is 8.32. The molecule has 6 nitrogen and oxygen atoms in total. The van der Waals surface area contributed by atoms with Crippen molar-refractivity contribution in [2.24, 2.45) is 0 Å². The van der Waals surface area contributed by atoms with Crippen molar-refractivity contribution in [3.63, 3.8) is 0 Å². The molecule has 0 bridgehead atoms. The van der Waals surface area contributed by atoms with Crippen LogP contribution < -0.4 is 15.0 Å². The van der Waals surface area contributed by atoms with Crippen LogP contribution in [0.3, 0.4) is 0 Å². The Bertz CT molecular complexity index is 1160. The maximum absolute atomic E-state index is 9.18. The largest absolute Gasteiger partial charge is 0.468 e. The summed E-state index contributed by atoms with van der Waals surface area (Å²) in [5, 5.41) is 11.3. The first-order valence-electron chi connectivity index (χ1n) is 9.29. The third-order valence-electron chi connectivity index (χ3n) is 5.22. The van der Waals surface area contributed by atoms with Crippen LogP contribution in [0.2, 0.25) is 0 Å². The van der Waals surface area contributed by atoms with E-state index in [1.807, 2.05) is 34.9 Å². The molecule has 2 aromatic heterocycles. The van der Waals surface area contributed by atoms with Crippen LogP contribution in [-0.2, 0) is 6.54 Å². The molecule has 0 unspecified atom stereocenters. The van der Waals surface area contributed by atoms with Gasteiger partial charge in [-0.05, 0) is 17.5 Å². The fourth-order valence-electron chi connectivity index (χ4n) is 3.89. The molecule has 1 atom stereocenters. The highest BCUT2D eigenvalue weighted by Crippen LogP contribution is 2.50. The summed E-state index contributed by atoms with van der Waals surface area (Å²) in [4.78, 5) is 4.54. The molecule has 4 aromatic rings. The van der Waals surface area contributed by atoms with Gasteiger partial charge in [-0.15, -0.1) is 0 Å². The maximum Gasteiger partial charge on any atom is 0.306 e. The molecule has 0 radical (unpaired) electrons. The van der Waals surface area contributed by atoms with Crippen molar-refractivity contribution in [3.8, 4) is 11.6 Å². The van der Waals surface area contributed by atoms with Gasteiger partial charge in [0.2, 0.25) is 12.1 Å². The summed E-state index contributed by atoms with van der Waals surface area (Å²) >= 11 is 0. The fraction of sp³-hybridized carbons (Fsp3) is 0.182. The number of benzene rings is 2. The van der Waals surface area contributed by atoms with Gasteiger partial charge in [0, 0.05) is 24.0 Å². The van der Waals surface area contributed by atoms with Crippen LogP contribution in [0.15, 0.2) is 65.5 Å². The highest BCUT2D eigenvalue weighted by molar-refractivity contribution is 5.91.